The SMILES string of the molecule is CCC(c1ccc(F)cc1F)N1CCN(C(=O)c2n[nH]c3c2CNCC3)CC1.Cl. The summed E-state index contributed by atoms with van der Waals surface area (Å²) in [7, 11) is 0. The molecule has 0 spiro atoms. The van der Waals surface area contributed by atoms with Gasteiger partial charge in [0.15, 0.2) is 5.69 Å². The molecule has 0 saturated carbocycles. The van der Waals surface area contributed by atoms with Gasteiger partial charge in [0.05, 0.1) is 0 Å². The van der Waals surface area contributed by atoms with E-state index in [-0.39, 0.29) is 24.4 Å². The van der Waals surface area contributed by atoms with Crippen molar-refractivity contribution in [3.8, 4) is 0 Å². The van der Waals surface area contributed by atoms with Gasteiger partial charge < -0.3 is 10.2 Å². The highest BCUT2D eigenvalue weighted by Gasteiger charge is 2.31. The Morgan fingerprint density at radius 3 is 2.69 bits per heavy atom. The van der Waals surface area contributed by atoms with Gasteiger partial charge in [-0.3, -0.25) is 14.8 Å². The van der Waals surface area contributed by atoms with Gasteiger partial charge in [-0.2, -0.15) is 5.10 Å². The van der Waals surface area contributed by atoms with Crippen molar-refractivity contribution in [3.05, 3.63) is 52.3 Å². The van der Waals surface area contributed by atoms with Crippen molar-refractivity contribution in [1.29, 1.82) is 0 Å². The van der Waals surface area contributed by atoms with Gasteiger partial charge in [-0.05, 0) is 12.5 Å². The number of halogens is 3. The van der Waals surface area contributed by atoms with E-state index in [1.165, 1.54) is 12.1 Å². The third-order valence-corrected chi connectivity index (χ3v) is 5.76. The predicted molar refractivity (Wildman–Crippen MR) is 108 cm³/mol. The fourth-order valence-corrected chi connectivity index (χ4v) is 4.24. The zero-order valence-corrected chi connectivity index (χ0v) is 17.2. The summed E-state index contributed by atoms with van der Waals surface area (Å²) < 4.78 is 27.5. The quantitative estimate of drug-likeness (QED) is 0.790. The molecule has 2 aliphatic rings. The Balaban J connectivity index is 0.00000240. The van der Waals surface area contributed by atoms with E-state index in [9.17, 15) is 13.6 Å². The van der Waals surface area contributed by atoms with Gasteiger partial charge in [0.25, 0.3) is 5.91 Å². The van der Waals surface area contributed by atoms with Gasteiger partial charge in [-0.25, -0.2) is 8.78 Å². The number of amides is 1. The van der Waals surface area contributed by atoms with E-state index < -0.39 is 11.6 Å². The number of rotatable bonds is 4. The van der Waals surface area contributed by atoms with Gasteiger partial charge in [0.1, 0.15) is 11.6 Å². The van der Waals surface area contributed by atoms with Crippen LogP contribution in [0, 0.1) is 11.6 Å². The van der Waals surface area contributed by atoms with Crippen LogP contribution in [-0.4, -0.2) is 58.6 Å². The number of hydrogen-bond donors (Lipinski definition) is 2. The molecule has 0 bridgehead atoms. The lowest BCUT2D eigenvalue weighted by Crippen LogP contribution is -2.50. The Bertz CT molecular complexity index is 867. The van der Waals surface area contributed by atoms with Crippen molar-refractivity contribution in [2.75, 3.05) is 32.7 Å². The number of H-pyrrole nitrogens is 1. The van der Waals surface area contributed by atoms with Crippen LogP contribution in [0.5, 0.6) is 0 Å². The summed E-state index contributed by atoms with van der Waals surface area (Å²) in [6, 6.07) is 3.64. The third kappa shape index (κ3) is 4.29. The number of aromatic nitrogens is 2. The first kappa shape index (κ1) is 21.7. The Hall–Kier alpha value is -2.03. The number of benzene rings is 1. The van der Waals surface area contributed by atoms with Gasteiger partial charge in [0.2, 0.25) is 0 Å². The van der Waals surface area contributed by atoms with Crippen LogP contribution in [0.4, 0.5) is 8.78 Å². The van der Waals surface area contributed by atoms with Crippen LogP contribution in [-0.2, 0) is 13.0 Å². The molecular weight excluding hydrogens is 400 g/mol. The van der Waals surface area contributed by atoms with Gasteiger partial charge in [-0.1, -0.05) is 13.0 Å². The third-order valence-electron chi connectivity index (χ3n) is 5.76. The van der Waals surface area contributed by atoms with Crippen molar-refractivity contribution < 1.29 is 13.6 Å². The van der Waals surface area contributed by atoms with Crippen LogP contribution >= 0.6 is 12.4 Å². The first-order valence-corrected chi connectivity index (χ1v) is 9.83. The number of carbonyl (C=O) groups excluding carboxylic acids is 1. The fourth-order valence-electron chi connectivity index (χ4n) is 4.24. The summed E-state index contributed by atoms with van der Waals surface area (Å²) in [5.41, 5.74) is 3.03. The number of nitrogens with one attached hydrogen (secondary N) is 2. The molecule has 1 aromatic heterocycles. The molecule has 1 unspecified atom stereocenters. The van der Waals surface area contributed by atoms with Gasteiger partial charge in [0, 0.05) is 74.6 Å². The Morgan fingerprint density at radius 2 is 2.00 bits per heavy atom. The number of carbonyl (C=O) groups is 1. The van der Waals surface area contributed by atoms with Crippen LogP contribution in [0.15, 0.2) is 18.2 Å². The maximum atomic E-state index is 14.2. The van der Waals surface area contributed by atoms with Crippen LogP contribution in [0.3, 0.4) is 0 Å². The lowest BCUT2D eigenvalue weighted by Gasteiger charge is -2.39. The molecule has 0 aliphatic carbocycles. The first-order chi connectivity index (χ1) is 13.6. The van der Waals surface area contributed by atoms with Crippen molar-refractivity contribution >= 4 is 18.3 Å². The molecule has 1 saturated heterocycles. The molecule has 9 heteroatoms. The smallest absolute Gasteiger partial charge is 0.274 e. The Morgan fingerprint density at radius 1 is 1.24 bits per heavy atom. The standard InChI is InChI=1S/C20H25F2N5O.ClH/c1-2-18(14-4-3-13(21)11-16(14)22)26-7-9-27(10-8-26)20(28)19-15-12-23-6-5-17(15)24-25-19;/h3-4,11,18,23H,2,5-10,12H2,1H3,(H,24,25);1H. The van der Waals surface area contributed by atoms with Crippen molar-refractivity contribution in [3.63, 3.8) is 0 Å². The minimum Gasteiger partial charge on any atom is -0.335 e. The van der Waals surface area contributed by atoms with Crippen LogP contribution in [0.2, 0.25) is 0 Å². The van der Waals surface area contributed by atoms with Gasteiger partial charge in [-0.15, -0.1) is 12.4 Å². The van der Waals surface area contributed by atoms with Gasteiger partial charge >= 0.3 is 0 Å². The van der Waals surface area contributed by atoms with Crippen molar-refractivity contribution in [2.45, 2.75) is 32.4 Å². The molecule has 1 atom stereocenters. The molecule has 29 heavy (non-hydrogen) atoms. The highest BCUT2D eigenvalue weighted by Crippen LogP contribution is 2.28. The Kier molecular flexibility index (Phi) is 6.87. The second kappa shape index (κ2) is 9.19. The number of hydrogen-bond acceptors (Lipinski definition) is 4. The first-order valence-electron chi connectivity index (χ1n) is 9.83. The zero-order chi connectivity index (χ0) is 19.7. The number of aromatic amines is 1. The summed E-state index contributed by atoms with van der Waals surface area (Å²) in [6.45, 7) is 5.96. The maximum Gasteiger partial charge on any atom is 0.274 e. The fraction of sp³-hybridized carbons (Fsp3) is 0.500. The predicted octanol–water partition coefficient (Wildman–Crippen LogP) is 2.66. The average molecular weight is 426 g/mol. The molecule has 158 valence electrons. The average Bonchev–Trinajstić information content (AvgIpc) is 3.14. The monoisotopic (exact) mass is 425 g/mol. The van der Waals surface area contributed by atoms with E-state index in [0.717, 1.165) is 36.7 Å². The molecule has 2 aromatic rings. The summed E-state index contributed by atoms with van der Waals surface area (Å²) in [4.78, 5) is 16.9. The summed E-state index contributed by atoms with van der Waals surface area (Å²) in [5.74, 6) is -1.13. The van der Waals surface area contributed by atoms with Crippen LogP contribution in [0.25, 0.3) is 0 Å². The highest BCUT2D eigenvalue weighted by atomic mass is 35.5. The van der Waals surface area contributed by atoms with Crippen LogP contribution < -0.4 is 5.32 Å². The maximum absolute atomic E-state index is 14.2. The minimum absolute atomic E-state index is 0. The molecule has 4 rings (SSSR count). The van der Waals surface area contributed by atoms with E-state index in [1.54, 1.807) is 0 Å². The molecule has 6 nitrogen and oxygen atoms in total. The lowest BCUT2D eigenvalue weighted by molar-refractivity contribution is 0.0552. The summed E-state index contributed by atoms with van der Waals surface area (Å²) in [5, 5.41) is 10.5. The van der Waals surface area contributed by atoms with E-state index in [2.05, 4.69) is 20.4 Å². The molecule has 1 amide bonds. The normalized spacial score (nSPS) is 18.1. The second-order valence-corrected chi connectivity index (χ2v) is 7.37. The molecular formula is C20H26ClF2N5O. The molecule has 2 N–H and O–H groups in total. The number of fused-ring (bicyclic) bond motifs is 1. The van der Waals surface area contributed by atoms with Crippen molar-refractivity contribution in [2.24, 2.45) is 0 Å². The summed E-state index contributed by atoms with van der Waals surface area (Å²) in [6.07, 6.45) is 1.57. The topological polar surface area (TPSA) is 64.3 Å². The van der Waals surface area contributed by atoms with Crippen LogP contribution in [0.1, 0.15) is 46.7 Å². The zero-order valence-electron chi connectivity index (χ0n) is 16.4. The molecule has 1 fully saturated rings. The Labute approximate surface area is 175 Å². The minimum atomic E-state index is -0.566. The molecule has 0 radical (unpaired) electrons. The van der Waals surface area contributed by atoms with E-state index in [0.29, 0.717) is 44.0 Å². The van der Waals surface area contributed by atoms with E-state index in [1.807, 2.05) is 11.8 Å². The van der Waals surface area contributed by atoms with E-state index in [4.69, 9.17) is 0 Å². The van der Waals surface area contributed by atoms with E-state index >= 15 is 0 Å². The highest BCUT2D eigenvalue weighted by molar-refractivity contribution is 5.94. The lowest BCUT2D eigenvalue weighted by atomic mass is 10.0. The molecule has 3 heterocycles. The number of piperazine rings is 1. The largest absolute Gasteiger partial charge is 0.335 e. The second-order valence-electron chi connectivity index (χ2n) is 7.37. The molecule has 2 aliphatic heterocycles. The summed E-state index contributed by atoms with van der Waals surface area (Å²) >= 11 is 0. The molecule has 1 aromatic carbocycles. The van der Waals surface area contributed by atoms with Crippen molar-refractivity contribution in [1.82, 2.24) is 25.3 Å². The number of nitrogens with zero attached hydrogens (tertiary/aromatic N) is 3.